The van der Waals surface area contributed by atoms with E-state index in [-0.39, 0.29) is 5.91 Å². The van der Waals surface area contributed by atoms with Crippen LogP contribution in [0.4, 0.5) is 5.95 Å². The number of nitrogens with one attached hydrogen (secondary N) is 1. The maximum Gasteiger partial charge on any atom is 0.272 e. The van der Waals surface area contributed by atoms with E-state index in [4.69, 9.17) is 0 Å². The summed E-state index contributed by atoms with van der Waals surface area (Å²) in [6, 6.07) is 2.03. The van der Waals surface area contributed by atoms with Gasteiger partial charge in [-0.05, 0) is 31.7 Å². The molecule has 1 atom stereocenters. The summed E-state index contributed by atoms with van der Waals surface area (Å²) in [6.45, 7) is 7.18. The number of aromatic nitrogens is 2. The molecule has 1 amide bonds. The zero-order valence-electron chi connectivity index (χ0n) is 12.0. The second kappa shape index (κ2) is 7.03. The number of piperidine rings is 1. The summed E-state index contributed by atoms with van der Waals surface area (Å²) in [5.74, 6) is 0.487. The van der Waals surface area contributed by atoms with Crippen molar-refractivity contribution < 1.29 is 4.79 Å². The molecule has 2 heterocycles. The number of nitrogens with zero attached hydrogens (tertiary/aromatic N) is 3. The van der Waals surface area contributed by atoms with Gasteiger partial charge in [0.15, 0.2) is 0 Å². The molecule has 108 valence electrons. The third-order valence-corrected chi connectivity index (χ3v) is 3.64. The summed E-state index contributed by atoms with van der Waals surface area (Å²) < 4.78 is 0. The highest BCUT2D eigenvalue weighted by atomic mass is 16.2. The summed E-state index contributed by atoms with van der Waals surface area (Å²) in [4.78, 5) is 22.9. The van der Waals surface area contributed by atoms with Gasteiger partial charge in [0.1, 0.15) is 5.69 Å². The third kappa shape index (κ3) is 3.35. The van der Waals surface area contributed by atoms with E-state index in [9.17, 15) is 4.79 Å². The van der Waals surface area contributed by atoms with Crippen LogP contribution in [0.2, 0.25) is 0 Å². The molecule has 0 aromatic carbocycles. The van der Waals surface area contributed by atoms with Crippen LogP contribution in [0.5, 0.6) is 0 Å². The van der Waals surface area contributed by atoms with E-state index < -0.39 is 0 Å². The fraction of sp³-hybridized carbons (Fsp3) is 0.533. The van der Waals surface area contributed by atoms with E-state index in [1.54, 1.807) is 18.3 Å². The van der Waals surface area contributed by atoms with Crippen molar-refractivity contribution in [3.05, 3.63) is 30.6 Å². The van der Waals surface area contributed by atoms with E-state index in [2.05, 4.69) is 28.8 Å². The van der Waals surface area contributed by atoms with Crippen molar-refractivity contribution >= 4 is 11.9 Å². The molecule has 1 aromatic rings. The second-order valence-electron chi connectivity index (χ2n) is 4.99. The van der Waals surface area contributed by atoms with Gasteiger partial charge >= 0.3 is 0 Å². The molecule has 0 aliphatic carbocycles. The standard InChI is InChI=1S/C15H22N4O/c1-3-9-16-15-17-10-8-13(18-15)14(20)19-11-6-5-7-12(19)4-2/h3,8,10,12H,1,4-7,9,11H2,2H3,(H,16,17,18). The Morgan fingerprint density at radius 2 is 2.45 bits per heavy atom. The number of carbonyl (C=O) groups excluding carboxylic acids is 1. The van der Waals surface area contributed by atoms with Gasteiger partial charge in [-0.1, -0.05) is 13.0 Å². The van der Waals surface area contributed by atoms with Gasteiger partial charge in [0, 0.05) is 25.3 Å². The van der Waals surface area contributed by atoms with Crippen LogP contribution >= 0.6 is 0 Å². The Labute approximate surface area is 120 Å². The second-order valence-corrected chi connectivity index (χ2v) is 4.99. The summed E-state index contributed by atoms with van der Waals surface area (Å²) in [6.07, 6.45) is 7.73. The molecule has 0 saturated carbocycles. The quantitative estimate of drug-likeness (QED) is 0.838. The summed E-state index contributed by atoms with van der Waals surface area (Å²) in [5, 5.41) is 3.01. The Hall–Kier alpha value is -1.91. The van der Waals surface area contributed by atoms with Gasteiger partial charge < -0.3 is 10.2 Å². The lowest BCUT2D eigenvalue weighted by molar-refractivity contribution is 0.0602. The lowest BCUT2D eigenvalue weighted by Crippen LogP contribution is -2.43. The largest absolute Gasteiger partial charge is 0.351 e. The molecular formula is C15H22N4O. The number of rotatable bonds is 5. The van der Waals surface area contributed by atoms with Crippen LogP contribution in [0.25, 0.3) is 0 Å². The van der Waals surface area contributed by atoms with E-state index in [0.717, 1.165) is 25.8 Å². The van der Waals surface area contributed by atoms with Crippen LogP contribution in [0.1, 0.15) is 43.1 Å². The van der Waals surface area contributed by atoms with Crippen LogP contribution in [-0.4, -0.2) is 39.9 Å². The molecule has 1 fully saturated rings. The van der Waals surface area contributed by atoms with Crippen molar-refractivity contribution in [1.82, 2.24) is 14.9 Å². The van der Waals surface area contributed by atoms with Crippen LogP contribution < -0.4 is 5.32 Å². The first-order valence-corrected chi connectivity index (χ1v) is 7.25. The SMILES string of the molecule is C=CCNc1nccc(C(=O)N2CCCCC2CC)n1. The van der Waals surface area contributed by atoms with E-state index in [0.29, 0.717) is 24.2 Å². The van der Waals surface area contributed by atoms with Gasteiger partial charge in [0.25, 0.3) is 5.91 Å². The fourth-order valence-electron chi connectivity index (χ4n) is 2.57. The van der Waals surface area contributed by atoms with Crippen molar-refractivity contribution in [2.45, 2.75) is 38.6 Å². The molecule has 0 spiro atoms. The molecule has 1 aromatic heterocycles. The zero-order valence-corrected chi connectivity index (χ0v) is 12.0. The third-order valence-electron chi connectivity index (χ3n) is 3.64. The monoisotopic (exact) mass is 274 g/mol. The van der Waals surface area contributed by atoms with Crippen LogP contribution in [0.15, 0.2) is 24.9 Å². The highest BCUT2D eigenvalue weighted by Crippen LogP contribution is 2.21. The molecule has 1 aliphatic heterocycles. The highest BCUT2D eigenvalue weighted by Gasteiger charge is 2.27. The molecule has 1 N–H and O–H groups in total. The molecule has 0 bridgehead atoms. The first kappa shape index (κ1) is 14.5. The molecule has 5 nitrogen and oxygen atoms in total. The zero-order chi connectivity index (χ0) is 14.4. The number of hydrogen-bond acceptors (Lipinski definition) is 4. The van der Waals surface area contributed by atoms with Gasteiger partial charge in [0.2, 0.25) is 5.95 Å². The molecule has 5 heteroatoms. The smallest absolute Gasteiger partial charge is 0.272 e. The predicted octanol–water partition coefficient (Wildman–Crippen LogP) is 2.48. The minimum Gasteiger partial charge on any atom is -0.351 e. The molecule has 1 aliphatic rings. The van der Waals surface area contributed by atoms with Crippen LogP contribution in [0.3, 0.4) is 0 Å². The van der Waals surface area contributed by atoms with Crippen LogP contribution in [-0.2, 0) is 0 Å². The Bertz CT molecular complexity index is 475. The van der Waals surface area contributed by atoms with Gasteiger partial charge in [-0.15, -0.1) is 6.58 Å². The lowest BCUT2D eigenvalue weighted by atomic mass is 9.99. The number of likely N-dealkylation sites (tertiary alicyclic amines) is 1. The Morgan fingerprint density at radius 3 is 3.20 bits per heavy atom. The minimum atomic E-state index is 0.0144. The lowest BCUT2D eigenvalue weighted by Gasteiger charge is -2.35. The topological polar surface area (TPSA) is 58.1 Å². The first-order valence-electron chi connectivity index (χ1n) is 7.25. The average Bonchev–Trinajstić information content (AvgIpc) is 2.52. The number of hydrogen-bond donors (Lipinski definition) is 1. The van der Waals surface area contributed by atoms with Crippen molar-refractivity contribution in [3.8, 4) is 0 Å². The molecule has 20 heavy (non-hydrogen) atoms. The maximum atomic E-state index is 12.6. The summed E-state index contributed by atoms with van der Waals surface area (Å²) in [7, 11) is 0. The highest BCUT2D eigenvalue weighted by molar-refractivity contribution is 5.92. The Morgan fingerprint density at radius 1 is 1.60 bits per heavy atom. The summed E-state index contributed by atoms with van der Waals surface area (Å²) in [5.41, 5.74) is 0.465. The van der Waals surface area contributed by atoms with Crippen molar-refractivity contribution in [2.24, 2.45) is 0 Å². The predicted molar refractivity (Wildman–Crippen MR) is 79.7 cm³/mol. The number of anilines is 1. The van der Waals surface area contributed by atoms with Crippen molar-refractivity contribution in [3.63, 3.8) is 0 Å². The van der Waals surface area contributed by atoms with Crippen molar-refractivity contribution in [1.29, 1.82) is 0 Å². The maximum absolute atomic E-state index is 12.6. The van der Waals surface area contributed by atoms with Gasteiger partial charge in [-0.25, -0.2) is 9.97 Å². The first-order chi connectivity index (χ1) is 9.76. The molecule has 1 unspecified atom stereocenters. The average molecular weight is 274 g/mol. The molecule has 2 rings (SSSR count). The number of amides is 1. The molecule has 0 radical (unpaired) electrons. The Balaban J connectivity index is 2.13. The van der Waals surface area contributed by atoms with Crippen LogP contribution in [0, 0.1) is 0 Å². The van der Waals surface area contributed by atoms with Gasteiger partial charge in [-0.2, -0.15) is 0 Å². The van der Waals surface area contributed by atoms with Gasteiger partial charge in [0.05, 0.1) is 0 Å². The van der Waals surface area contributed by atoms with E-state index in [1.807, 2.05) is 4.90 Å². The van der Waals surface area contributed by atoms with E-state index in [1.165, 1.54) is 6.42 Å². The van der Waals surface area contributed by atoms with Crippen molar-refractivity contribution in [2.75, 3.05) is 18.4 Å². The Kier molecular flexibility index (Phi) is 5.09. The van der Waals surface area contributed by atoms with E-state index >= 15 is 0 Å². The summed E-state index contributed by atoms with van der Waals surface area (Å²) >= 11 is 0. The number of carbonyl (C=O) groups is 1. The fourth-order valence-corrected chi connectivity index (χ4v) is 2.57. The molecular weight excluding hydrogens is 252 g/mol. The van der Waals surface area contributed by atoms with Gasteiger partial charge in [-0.3, -0.25) is 4.79 Å². The molecule has 1 saturated heterocycles. The normalized spacial score (nSPS) is 18.6. The minimum absolute atomic E-state index is 0.0144.